The zero-order chi connectivity index (χ0) is 18.7. The van der Waals surface area contributed by atoms with Gasteiger partial charge in [0.05, 0.1) is 12.8 Å². The molecule has 0 bridgehead atoms. The Bertz CT molecular complexity index is 841. The highest BCUT2D eigenvalue weighted by Gasteiger charge is 2.31. The fourth-order valence-corrected chi connectivity index (χ4v) is 3.08. The van der Waals surface area contributed by atoms with E-state index in [1.54, 1.807) is 36.3 Å². The Labute approximate surface area is 157 Å². The fraction of sp³-hybridized carbons (Fsp3) is 0.263. The smallest absolute Gasteiger partial charge is 0.325 e. The molecule has 0 aliphatic carbocycles. The number of hydrogen-bond donors (Lipinski definition) is 1. The first-order valence-corrected chi connectivity index (χ1v) is 8.62. The standard InChI is InChI=1S/C19H20ClN3O3/c1-13-6-7-17(26-2)16(10-13)21-18(24)12-22-8-9-23(19(22)25)15-5-3-4-14(20)11-15/h3-7,10-11H,8-9,12H2,1-2H3,(H,21,24). The lowest BCUT2D eigenvalue weighted by Gasteiger charge is -2.19. The van der Waals surface area contributed by atoms with Gasteiger partial charge in [-0.2, -0.15) is 0 Å². The number of aryl methyl sites for hydroxylation is 1. The third kappa shape index (κ3) is 3.91. The van der Waals surface area contributed by atoms with E-state index < -0.39 is 0 Å². The summed E-state index contributed by atoms with van der Waals surface area (Å²) in [6, 6.07) is 12.4. The van der Waals surface area contributed by atoms with E-state index in [2.05, 4.69) is 5.32 Å². The highest BCUT2D eigenvalue weighted by Crippen LogP contribution is 2.26. The van der Waals surface area contributed by atoms with Gasteiger partial charge in [0.1, 0.15) is 12.3 Å². The molecule has 1 fully saturated rings. The monoisotopic (exact) mass is 373 g/mol. The summed E-state index contributed by atoms with van der Waals surface area (Å²) in [7, 11) is 1.55. The van der Waals surface area contributed by atoms with Crippen molar-refractivity contribution >= 4 is 34.9 Å². The van der Waals surface area contributed by atoms with Crippen LogP contribution in [0.15, 0.2) is 42.5 Å². The third-order valence-electron chi connectivity index (χ3n) is 4.18. The van der Waals surface area contributed by atoms with Gasteiger partial charge in [0, 0.05) is 23.8 Å². The molecule has 7 heteroatoms. The summed E-state index contributed by atoms with van der Waals surface area (Å²) in [4.78, 5) is 28.1. The maximum Gasteiger partial charge on any atom is 0.325 e. The molecule has 1 saturated heterocycles. The number of rotatable bonds is 5. The van der Waals surface area contributed by atoms with Crippen LogP contribution in [0.4, 0.5) is 16.2 Å². The van der Waals surface area contributed by atoms with Crippen LogP contribution >= 0.6 is 11.6 Å². The number of nitrogens with one attached hydrogen (secondary N) is 1. The van der Waals surface area contributed by atoms with Crippen LogP contribution in [0.25, 0.3) is 0 Å². The summed E-state index contributed by atoms with van der Waals surface area (Å²) >= 11 is 6.00. The van der Waals surface area contributed by atoms with Gasteiger partial charge in [-0.3, -0.25) is 9.69 Å². The van der Waals surface area contributed by atoms with Crippen molar-refractivity contribution < 1.29 is 14.3 Å². The number of amides is 3. The Balaban J connectivity index is 1.65. The molecule has 0 saturated carbocycles. The van der Waals surface area contributed by atoms with Crippen molar-refractivity contribution in [3.63, 3.8) is 0 Å². The van der Waals surface area contributed by atoms with E-state index in [1.807, 2.05) is 25.1 Å². The zero-order valence-electron chi connectivity index (χ0n) is 14.7. The predicted molar refractivity (Wildman–Crippen MR) is 102 cm³/mol. The molecule has 0 spiro atoms. The van der Waals surface area contributed by atoms with Gasteiger partial charge in [-0.1, -0.05) is 23.7 Å². The van der Waals surface area contributed by atoms with Crippen molar-refractivity contribution in [2.75, 3.05) is 37.0 Å². The van der Waals surface area contributed by atoms with E-state index in [0.29, 0.717) is 29.5 Å². The SMILES string of the molecule is COc1ccc(C)cc1NC(=O)CN1CCN(c2cccc(Cl)c2)C1=O. The van der Waals surface area contributed by atoms with Crippen molar-refractivity contribution in [3.05, 3.63) is 53.1 Å². The van der Waals surface area contributed by atoms with Crippen LogP contribution in [0.2, 0.25) is 5.02 Å². The van der Waals surface area contributed by atoms with E-state index in [1.165, 1.54) is 4.90 Å². The van der Waals surface area contributed by atoms with Crippen LogP contribution in [-0.2, 0) is 4.79 Å². The quantitative estimate of drug-likeness (QED) is 0.872. The molecular weight excluding hydrogens is 354 g/mol. The van der Waals surface area contributed by atoms with Gasteiger partial charge in [-0.15, -0.1) is 0 Å². The van der Waals surface area contributed by atoms with Gasteiger partial charge in [0.2, 0.25) is 5.91 Å². The number of benzene rings is 2. The van der Waals surface area contributed by atoms with Crippen LogP contribution in [0.1, 0.15) is 5.56 Å². The maximum atomic E-state index is 12.6. The van der Waals surface area contributed by atoms with Gasteiger partial charge in [-0.05, 0) is 42.8 Å². The van der Waals surface area contributed by atoms with Crippen molar-refractivity contribution in [2.45, 2.75) is 6.92 Å². The number of carbonyl (C=O) groups is 2. The first-order chi connectivity index (χ1) is 12.5. The summed E-state index contributed by atoms with van der Waals surface area (Å²) in [6.45, 7) is 2.90. The number of carbonyl (C=O) groups excluding carboxylic acids is 2. The van der Waals surface area contributed by atoms with E-state index in [9.17, 15) is 9.59 Å². The molecular formula is C19H20ClN3O3. The first-order valence-electron chi connectivity index (χ1n) is 8.24. The van der Waals surface area contributed by atoms with Gasteiger partial charge >= 0.3 is 6.03 Å². The molecule has 0 radical (unpaired) electrons. The largest absolute Gasteiger partial charge is 0.495 e. The van der Waals surface area contributed by atoms with Gasteiger partial charge in [-0.25, -0.2) is 4.79 Å². The molecule has 1 N–H and O–H groups in total. The second kappa shape index (κ2) is 7.66. The molecule has 1 aliphatic rings. The molecule has 3 amide bonds. The normalized spacial score (nSPS) is 13.9. The highest BCUT2D eigenvalue weighted by molar-refractivity contribution is 6.30. The lowest BCUT2D eigenvalue weighted by atomic mass is 10.2. The Kier molecular flexibility index (Phi) is 5.32. The minimum absolute atomic E-state index is 0.0208. The second-order valence-corrected chi connectivity index (χ2v) is 6.52. The Morgan fingerprint density at radius 1 is 1.23 bits per heavy atom. The Morgan fingerprint density at radius 2 is 2.04 bits per heavy atom. The van der Waals surface area contributed by atoms with Gasteiger partial charge < -0.3 is 15.0 Å². The molecule has 0 atom stereocenters. The average molecular weight is 374 g/mol. The number of ether oxygens (including phenoxy) is 1. The van der Waals surface area contributed by atoms with Crippen LogP contribution in [0.3, 0.4) is 0 Å². The molecule has 6 nitrogen and oxygen atoms in total. The van der Waals surface area contributed by atoms with E-state index >= 15 is 0 Å². The molecule has 3 rings (SSSR count). The van der Waals surface area contributed by atoms with Gasteiger partial charge in [0.15, 0.2) is 0 Å². The summed E-state index contributed by atoms with van der Waals surface area (Å²) in [5, 5.41) is 3.38. The number of methoxy groups -OCH3 is 1. The molecule has 1 heterocycles. The summed E-state index contributed by atoms with van der Waals surface area (Å²) in [6.07, 6.45) is 0. The predicted octanol–water partition coefficient (Wildman–Crippen LogP) is 3.54. The van der Waals surface area contributed by atoms with E-state index in [-0.39, 0.29) is 18.5 Å². The molecule has 2 aromatic rings. The van der Waals surface area contributed by atoms with E-state index in [4.69, 9.17) is 16.3 Å². The molecule has 0 aromatic heterocycles. The average Bonchev–Trinajstić information content (AvgIpc) is 2.95. The molecule has 1 aliphatic heterocycles. The Hall–Kier alpha value is -2.73. The van der Waals surface area contributed by atoms with Crippen LogP contribution in [-0.4, -0.2) is 43.6 Å². The summed E-state index contributed by atoms with van der Waals surface area (Å²) in [5.74, 6) is 0.312. The second-order valence-electron chi connectivity index (χ2n) is 6.09. The Morgan fingerprint density at radius 3 is 2.77 bits per heavy atom. The van der Waals surface area contributed by atoms with Crippen molar-refractivity contribution in [3.8, 4) is 5.75 Å². The number of urea groups is 1. The lowest BCUT2D eigenvalue weighted by Crippen LogP contribution is -2.37. The van der Waals surface area contributed by atoms with Crippen LogP contribution in [0.5, 0.6) is 5.75 Å². The fourth-order valence-electron chi connectivity index (χ4n) is 2.90. The van der Waals surface area contributed by atoms with Crippen molar-refractivity contribution in [2.24, 2.45) is 0 Å². The molecule has 0 unspecified atom stereocenters. The molecule has 2 aromatic carbocycles. The molecule has 136 valence electrons. The van der Waals surface area contributed by atoms with E-state index in [0.717, 1.165) is 11.3 Å². The van der Waals surface area contributed by atoms with Crippen LogP contribution < -0.4 is 15.0 Å². The van der Waals surface area contributed by atoms with Crippen molar-refractivity contribution in [1.29, 1.82) is 0 Å². The number of halogens is 1. The summed E-state index contributed by atoms with van der Waals surface area (Å²) < 4.78 is 5.26. The topological polar surface area (TPSA) is 61.9 Å². The molecule has 26 heavy (non-hydrogen) atoms. The van der Waals surface area contributed by atoms with Crippen LogP contribution in [0, 0.1) is 6.92 Å². The minimum atomic E-state index is -0.268. The van der Waals surface area contributed by atoms with Crippen molar-refractivity contribution in [1.82, 2.24) is 4.90 Å². The first kappa shape index (κ1) is 18.1. The third-order valence-corrected chi connectivity index (χ3v) is 4.41. The lowest BCUT2D eigenvalue weighted by molar-refractivity contribution is -0.116. The summed E-state index contributed by atoms with van der Waals surface area (Å²) in [5.41, 5.74) is 2.33. The number of hydrogen-bond acceptors (Lipinski definition) is 3. The maximum absolute atomic E-state index is 12.6. The number of anilines is 2. The highest BCUT2D eigenvalue weighted by atomic mass is 35.5. The minimum Gasteiger partial charge on any atom is -0.495 e. The zero-order valence-corrected chi connectivity index (χ0v) is 15.4. The number of nitrogens with zero attached hydrogens (tertiary/aromatic N) is 2. The van der Waals surface area contributed by atoms with Gasteiger partial charge in [0.25, 0.3) is 0 Å².